The van der Waals surface area contributed by atoms with Crippen LogP contribution in [0.5, 0.6) is 0 Å². The second kappa shape index (κ2) is 16.8. The number of hydrogen-bond donors (Lipinski definition) is 2. The van der Waals surface area contributed by atoms with Crippen LogP contribution in [0, 0.1) is 17.8 Å². The molecule has 0 saturated heterocycles. The second-order valence-electron chi connectivity index (χ2n) is 12.1. The SMILES string of the molecule is COC(=O)C(CC(C)C)C[PH](=O)OCC(NC(=O)[C@H](Cc1ccccc1)NC(=O)OC(C)(C)C)C1CCCCC1. The predicted octanol–water partition coefficient (Wildman–Crippen LogP) is 5.51. The molecule has 1 saturated carbocycles. The first-order valence-corrected chi connectivity index (χ1v) is 16.0. The van der Waals surface area contributed by atoms with Gasteiger partial charge >= 0.3 is 12.1 Å². The number of amides is 2. The van der Waals surface area contributed by atoms with Crippen LogP contribution in [0.3, 0.4) is 0 Å². The van der Waals surface area contributed by atoms with Gasteiger partial charge in [-0.2, -0.15) is 0 Å². The van der Waals surface area contributed by atoms with Crippen molar-refractivity contribution in [2.75, 3.05) is 19.9 Å². The van der Waals surface area contributed by atoms with Crippen LogP contribution in [0.15, 0.2) is 30.3 Å². The van der Waals surface area contributed by atoms with Crippen LogP contribution in [-0.2, 0) is 34.6 Å². The van der Waals surface area contributed by atoms with Crippen LogP contribution in [-0.4, -0.2) is 55.5 Å². The molecule has 1 fully saturated rings. The van der Waals surface area contributed by atoms with E-state index in [0.717, 1.165) is 37.7 Å². The predicted molar refractivity (Wildman–Crippen MR) is 157 cm³/mol. The Kier molecular flexibility index (Phi) is 14.2. The first kappa shape index (κ1) is 33.8. The maximum Gasteiger partial charge on any atom is 0.408 e. The monoisotopic (exact) mass is 580 g/mol. The summed E-state index contributed by atoms with van der Waals surface area (Å²) in [4.78, 5) is 38.4. The van der Waals surface area contributed by atoms with Crippen molar-refractivity contribution in [3.63, 3.8) is 0 Å². The summed E-state index contributed by atoms with van der Waals surface area (Å²) in [5.41, 5.74) is 0.189. The maximum absolute atomic E-state index is 13.6. The van der Waals surface area contributed by atoms with Crippen molar-refractivity contribution in [3.05, 3.63) is 35.9 Å². The average Bonchev–Trinajstić information content (AvgIpc) is 2.89. The van der Waals surface area contributed by atoms with E-state index in [-0.39, 0.29) is 48.9 Å². The summed E-state index contributed by atoms with van der Waals surface area (Å²) in [5.74, 6) is -0.816. The van der Waals surface area contributed by atoms with Gasteiger partial charge in [0.15, 0.2) is 8.03 Å². The smallest absolute Gasteiger partial charge is 0.408 e. The highest BCUT2D eigenvalue weighted by molar-refractivity contribution is 7.39. The highest BCUT2D eigenvalue weighted by Crippen LogP contribution is 2.32. The number of rotatable bonds is 14. The highest BCUT2D eigenvalue weighted by atomic mass is 31.1. The fourth-order valence-corrected chi connectivity index (χ4v) is 6.28. The van der Waals surface area contributed by atoms with Crippen molar-refractivity contribution >= 4 is 26.0 Å². The molecule has 3 unspecified atom stereocenters. The summed E-state index contributed by atoms with van der Waals surface area (Å²) < 4.78 is 29.1. The Morgan fingerprint density at radius 2 is 1.68 bits per heavy atom. The number of methoxy groups -OCH3 is 1. The molecule has 2 amide bonds. The van der Waals surface area contributed by atoms with Gasteiger partial charge in [-0.15, -0.1) is 0 Å². The third kappa shape index (κ3) is 12.9. The first-order valence-electron chi connectivity index (χ1n) is 14.4. The van der Waals surface area contributed by atoms with E-state index in [4.69, 9.17) is 14.0 Å². The Hall–Kier alpha value is -2.38. The summed E-state index contributed by atoms with van der Waals surface area (Å²) in [7, 11) is -1.22. The van der Waals surface area contributed by atoms with Crippen LogP contribution < -0.4 is 10.6 Å². The number of carbonyl (C=O) groups is 3. The molecule has 226 valence electrons. The molecule has 0 heterocycles. The third-order valence-electron chi connectivity index (χ3n) is 6.96. The summed E-state index contributed by atoms with van der Waals surface area (Å²) in [6.07, 6.45) is 5.39. The zero-order chi connectivity index (χ0) is 29.7. The largest absolute Gasteiger partial charge is 0.469 e. The zero-order valence-corrected chi connectivity index (χ0v) is 26.0. The second-order valence-corrected chi connectivity index (χ2v) is 13.6. The molecule has 0 radical (unpaired) electrons. The lowest BCUT2D eigenvalue weighted by Gasteiger charge is -2.32. The molecule has 0 bridgehead atoms. The molecule has 0 aromatic heterocycles. The summed E-state index contributed by atoms with van der Waals surface area (Å²) in [6, 6.07) is 8.23. The number of esters is 1. The minimum absolute atomic E-state index is 0.0776. The maximum atomic E-state index is 13.6. The van der Waals surface area contributed by atoms with Gasteiger partial charge in [-0.3, -0.25) is 14.2 Å². The average molecular weight is 581 g/mol. The summed E-state index contributed by atoms with van der Waals surface area (Å²) in [5, 5.41) is 5.84. The van der Waals surface area contributed by atoms with Crippen molar-refractivity contribution in [2.24, 2.45) is 17.8 Å². The van der Waals surface area contributed by atoms with Gasteiger partial charge in [0.2, 0.25) is 5.91 Å². The molecular weight excluding hydrogens is 531 g/mol. The van der Waals surface area contributed by atoms with Crippen LogP contribution in [0.1, 0.15) is 78.7 Å². The summed E-state index contributed by atoms with van der Waals surface area (Å²) >= 11 is 0. The lowest BCUT2D eigenvalue weighted by Crippen LogP contribution is -2.54. The van der Waals surface area contributed by atoms with Gasteiger partial charge in [-0.25, -0.2) is 4.79 Å². The minimum Gasteiger partial charge on any atom is -0.469 e. The van der Waals surface area contributed by atoms with E-state index in [2.05, 4.69) is 10.6 Å². The Morgan fingerprint density at radius 1 is 1.02 bits per heavy atom. The molecule has 2 rings (SSSR count). The van der Waals surface area contributed by atoms with Crippen molar-refractivity contribution in [1.82, 2.24) is 10.6 Å². The Bertz CT molecular complexity index is 959. The van der Waals surface area contributed by atoms with E-state index in [1.807, 2.05) is 44.2 Å². The van der Waals surface area contributed by atoms with Gasteiger partial charge < -0.3 is 24.6 Å². The molecule has 1 aliphatic carbocycles. The van der Waals surface area contributed by atoms with Crippen LogP contribution >= 0.6 is 8.03 Å². The third-order valence-corrected chi connectivity index (χ3v) is 8.28. The van der Waals surface area contributed by atoms with Gasteiger partial charge in [0.05, 0.1) is 25.7 Å². The molecule has 2 N–H and O–H groups in total. The molecule has 0 aliphatic heterocycles. The van der Waals surface area contributed by atoms with Crippen molar-refractivity contribution in [2.45, 2.75) is 97.2 Å². The van der Waals surface area contributed by atoms with E-state index in [9.17, 15) is 18.9 Å². The van der Waals surface area contributed by atoms with E-state index in [1.165, 1.54) is 7.11 Å². The van der Waals surface area contributed by atoms with Gasteiger partial charge in [0, 0.05) is 12.6 Å². The fourth-order valence-electron chi connectivity index (χ4n) is 5.07. The van der Waals surface area contributed by atoms with Crippen molar-refractivity contribution in [1.29, 1.82) is 0 Å². The Balaban J connectivity index is 2.14. The number of nitrogens with one attached hydrogen (secondary N) is 2. The number of alkyl carbamates (subject to hydrolysis) is 1. The van der Waals surface area contributed by atoms with Crippen molar-refractivity contribution in [3.8, 4) is 0 Å². The standard InChI is InChI=1S/C30H49N2O7P/c1-21(2)17-24(28(34)37-6)20-40(36)38-19-26(23-15-11-8-12-16-23)31-27(33)25(18-22-13-9-7-10-14-22)32-29(35)39-30(3,4)5/h7,9-10,13-14,21,23-26,40H,8,11-12,15-20H2,1-6H3,(H,31,33)(H,32,35)/t24?,25-,26?/m0/s1. The normalized spacial score (nSPS) is 17.4. The van der Waals surface area contributed by atoms with E-state index in [1.54, 1.807) is 20.8 Å². The number of benzene rings is 1. The van der Waals surface area contributed by atoms with E-state index < -0.39 is 31.7 Å². The molecule has 1 aromatic carbocycles. The van der Waals surface area contributed by atoms with E-state index in [0.29, 0.717) is 6.42 Å². The molecule has 9 nitrogen and oxygen atoms in total. The van der Waals surface area contributed by atoms with Crippen LogP contribution in [0.25, 0.3) is 0 Å². The number of carbonyl (C=O) groups excluding carboxylic acids is 3. The Labute approximate surface area is 240 Å². The van der Waals surface area contributed by atoms with E-state index >= 15 is 0 Å². The molecule has 40 heavy (non-hydrogen) atoms. The lowest BCUT2D eigenvalue weighted by molar-refractivity contribution is -0.145. The topological polar surface area (TPSA) is 120 Å². The molecule has 1 aliphatic rings. The van der Waals surface area contributed by atoms with Crippen LogP contribution in [0.4, 0.5) is 4.79 Å². The van der Waals surface area contributed by atoms with Gasteiger partial charge in [-0.1, -0.05) is 63.4 Å². The van der Waals surface area contributed by atoms with Gasteiger partial charge in [-0.05, 0) is 57.4 Å². The van der Waals surface area contributed by atoms with Gasteiger partial charge in [0.1, 0.15) is 11.6 Å². The molecule has 4 atom stereocenters. The van der Waals surface area contributed by atoms with Gasteiger partial charge in [0.25, 0.3) is 0 Å². The number of hydrogen-bond acceptors (Lipinski definition) is 7. The molecule has 0 spiro atoms. The molecular formula is C30H49N2O7P. The van der Waals surface area contributed by atoms with Crippen LogP contribution in [0.2, 0.25) is 0 Å². The zero-order valence-electron chi connectivity index (χ0n) is 25.0. The molecule has 1 aromatic rings. The highest BCUT2D eigenvalue weighted by Gasteiger charge is 2.31. The Morgan fingerprint density at radius 3 is 2.25 bits per heavy atom. The molecule has 10 heteroatoms. The minimum atomic E-state index is -2.55. The fraction of sp³-hybridized carbons (Fsp3) is 0.700. The first-order chi connectivity index (χ1) is 18.9. The number of ether oxygens (including phenoxy) is 2. The lowest BCUT2D eigenvalue weighted by atomic mass is 9.84. The summed E-state index contributed by atoms with van der Waals surface area (Å²) in [6.45, 7) is 9.38. The quantitative estimate of drug-likeness (QED) is 0.220. The van der Waals surface area contributed by atoms with Crippen molar-refractivity contribution < 1.29 is 32.9 Å².